The lowest BCUT2D eigenvalue weighted by atomic mass is 10.1. The molecule has 5 nitrogen and oxygen atoms in total. The second kappa shape index (κ2) is 8.82. The summed E-state index contributed by atoms with van der Waals surface area (Å²) in [7, 11) is 0. The maximum absolute atomic E-state index is 13.0. The van der Waals surface area contributed by atoms with Crippen molar-refractivity contribution in [2.75, 3.05) is 5.32 Å². The molecule has 1 N–H and O–H groups in total. The molecule has 29 heavy (non-hydrogen) atoms. The Bertz CT molecular complexity index is 1080. The van der Waals surface area contributed by atoms with Crippen molar-refractivity contribution in [2.24, 2.45) is 5.92 Å². The number of fused-ring (bicyclic) bond motifs is 1. The zero-order valence-corrected chi connectivity index (χ0v) is 18.3. The highest BCUT2D eigenvalue weighted by atomic mass is 32.2. The van der Waals surface area contributed by atoms with E-state index in [1.807, 2.05) is 57.2 Å². The van der Waals surface area contributed by atoms with Crippen LogP contribution in [0.1, 0.15) is 31.9 Å². The Labute approximate surface area is 175 Å². The molecule has 1 amide bonds. The summed E-state index contributed by atoms with van der Waals surface area (Å²) in [6, 6.07) is 13.3. The Kier molecular flexibility index (Phi) is 6.42. The van der Waals surface area contributed by atoms with E-state index in [4.69, 9.17) is 4.98 Å². The highest BCUT2D eigenvalue weighted by Crippen LogP contribution is 2.26. The van der Waals surface area contributed by atoms with E-state index in [-0.39, 0.29) is 17.4 Å². The van der Waals surface area contributed by atoms with Crippen molar-refractivity contribution in [3.05, 3.63) is 63.9 Å². The number of amides is 1. The Morgan fingerprint density at radius 3 is 2.38 bits per heavy atom. The maximum atomic E-state index is 13.0. The van der Waals surface area contributed by atoms with Crippen LogP contribution in [-0.4, -0.2) is 20.7 Å². The fourth-order valence-electron chi connectivity index (χ4n) is 3.21. The lowest BCUT2D eigenvalue weighted by molar-refractivity contribution is -0.115. The number of hydrogen-bond acceptors (Lipinski definition) is 4. The van der Waals surface area contributed by atoms with E-state index in [2.05, 4.69) is 19.2 Å². The molecule has 3 aromatic rings. The van der Waals surface area contributed by atoms with Gasteiger partial charge in [-0.25, -0.2) is 4.98 Å². The van der Waals surface area contributed by atoms with Crippen LogP contribution in [0.2, 0.25) is 0 Å². The molecule has 0 aliphatic rings. The van der Waals surface area contributed by atoms with E-state index in [1.54, 1.807) is 10.6 Å². The van der Waals surface area contributed by atoms with E-state index in [1.165, 1.54) is 11.8 Å². The van der Waals surface area contributed by atoms with Gasteiger partial charge in [0.2, 0.25) is 5.91 Å². The number of benzene rings is 2. The molecule has 0 aliphatic carbocycles. The molecule has 152 valence electrons. The van der Waals surface area contributed by atoms with Crippen LogP contribution in [0.25, 0.3) is 10.9 Å². The zero-order chi connectivity index (χ0) is 21.1. The number of carbonyl (C=O) groups is 1. The van der Waals surface area contributed by atoms with E-state index >= 15 is 0 Å². The van der Waals surface area contributed by atoms with Gasteiger partial charge in [0.25, 0.3) is 5.56 Å². The smallest absolute Gasteiger partial charge is 0.262 e. The summed E-state index contributed by atoms with van der Waals surface area (Å²) in [5, 5.41) is 3.81. The van der Waals surface area contributed by atoms with Crippen LogP contribution in [0.5, 0.6) is 0 Å². The van der Waals surface area contributed by atoms with E-state index in [0.29, 0.717) is 22.6 Å². The monoisotopic (exact) mass is 409 g/mol. The SMILES string of the molecule is Cc1cccc(C)c1NC(=O)[C@@H](C)Sc1nc2ccccc2c(=O)n1CC(C)C. The van der Waals surface area contributed by atoms with Crippen LogP contribution in [0.15, 0.2) is 52.4 Å². The van der Waals surface area contributed by atoms with Gasteiger partial charge in [0, 0.05) is 12.2 Å². The first kappa shape index (κ1) is 21.1. The molecule has 2 aromatic carbocycles. The van der Waals surface area contributed by atoms with Gasteiger partial charge >= 0.3 is 0 Å². The fraction of sp³-hybridized carbons (Fsp3) is 0.348. The van der Waals surface area contributed by atoms with E-state index in [9.17, 15) is 9.59 Å². The van der Waals surface area contributed by atoms with E-state index in [0.717, 1.165) is 16.8 Å². The summed E-state index contributed by atoms with van der Waals surface area (Å²) in [6.45, 7) is 10.5. The lowest BCUT2D eigenvalue weighted by Crippen LogP contribution is -2.28. The number of nitrogens with zero attached hydrogens (tertiary/aromatic N) is 2. The molecule has 0 unspecified atom stereocenters. The minimum atomic E-state index is -0.402. The Hall–Kier alpha value is -2.60. The van der Waals surface area contributed by atoms with Gasteiger partial charge in [-0.3, -0.25) is 14.2 Å². The summed E-state index contributed by atoms with van der Waals surface area (Å²) >= 11 is 1.32. The predicted octanol–water partition coefficient (Wildman–Crippen LogP) is 4.79. The van der Waals surface area contributed by atoms with Crippen LogP contribution >= 0.6 is 11.8 Å². The summed E-state index contributed by atoms with van der Waals surface area (Å²) in [6.07, 6.45) is 0. The quantitative estimate of drug-likeness (QED) is 0.470. The second-order valence-electron chi connectivity index (χ2n) is 7.74. The van der Waals surface area contributed by atoms with Crippen LogP contribution < -0.4 is 10.9 Å². The standard InChI is InChI=1S/C23H27N3O2S/c1-14(2)13-26-22(28)18-11-6-7-12-19(18)24-23(26)29-17(5)21(27)25-20-15(3)9-8-10-16(20)4/h6-12,14,17H,13H2,1-5H3,(H,25,27)/t17-/m1/s1. The van der Waals surface area contributed by atoms with Crippen molar-refractivity contribution < 1.29 is 4.79 Å². The average Bonchev–Trinajstić information content (AvgIpc) is 2.67. The molecular formula is C23H27N3O2S. The summed E-state index contributed by atoms with van der Waals surface area (Å²) < 4.78 is 1.69. The molecule has 0 spiro atoms. The fourth-order valence-corrected chi connectivity index (χ4v) is 4.13. The molecule has 0 fully saturated rings. The number of para-hydroxylation sites is 2. The van der Waals surface area contributed by atoms with Crippen molar-refractivity contribution in [3.63, 3.8) is 0 Å². The van der Waals surface area contributed by atoms with Crippen molar-refractivity contribution in [2.45, 2.75) is 51.6 Å². The summed E-state index contributed by atoms with van der Waals surface area (Å²) in [4.78, 5) is 30.6. The Balaban J connectivity index is 1.92. The predicted molar refractivity (Wildman–Crippen MR) is 121 cm³/mol. The van der Waals surface area contributed by atoms with Gasteiger partial charge < -0.3 is 5.32 Å². The molecule has 1 heterocycles. The van der Waals surface area contributed by atoms with Gasteiger partial charge in [-0.1, -0.05) is 55.9 Å². The molecule has 0 saturated heterocycles. The molecule has 1 aromatic heterocycles. The third-order valence-electron chi connectivity index (χ3n) is 4.76. The second-order valence-corrected chi connectivity index (χ2v) is 9.05. The van der Waals surface area contributed by atoms with Gasteiger partial charge in [-0.05, 0) is 49.9 Å². The number of aromatic nitrogens is 2. The number of carbonyl (C=O) groups excluding carboxylic acids is 1. The van der Waals surface area contributed by atoms with Gasteiger partial charge in [-0.15, -0.1) is 0 Å². The first-order valence-electron chi connectivity index (χ1n) is 9.81. The largest absolute Gasteiger partial charge is 0.325 e. The first-order valence-corrected chi connectivity index (χ1v) is 10.7. The normalized spacial score (nSPS) is 12.3. The highest BCUT2D eigenvalue weighted by Gasteiger charge is 2.21. The van der Waals surface area contributed by atoms with Crippen LogP contribution in [0.4, 0.5) is 5.69 Å². The Morgan fingerprint density at radius 1 is 1.07 bits per heavy atom. The van der Waals surface area contributed by atoms with Gasteiger partial charge in [-0.2, -0.15) is 0 Å². The van der Waals surface area contributed by atoms with Crippen molar-refractivity contribution >= 4 is 34.3 Å². The van der Waals surface area contributed by atoms with Crippen molar-refractivity contribution in [1.29, 1.82) is 0 Å². The summed E-state index contributed by atoms with van der Waals surface area (Å²) in [5.41, 5.74) is 3.49. The Morgan fingerprint density at radius 2 is 1.72 bits per heavy atom. The first-order chi connectivity index (χ1) is 13.8. The molecule has 0 saturated carbocycles. The van der Waals surface area contributed by atoms with Crippen molar-refractivity contribution in [1.82, 2.24) is 9.55 Å². The molecule has 0 radical (unpaired) electrons. The van der Waals surface area contributed by atoms with Crippen LogP contribution in [0.3, 0.4) is 0 Å². The number of hydrogen-bond donors (Lipinski definition) is 1. The number of aryl methyl sites for hydroxylation is 2. The molecule has 0 aliphatic heterocycles. The molecular weight excluding hydrogens is 382 g/mol. The van der Waals surface area contributed by atoms with Crippen LogP contribution in [-0.2, 0) is 11.3 Å². The molecule has 3 rings (SSSR count). The number of anilines is 1. The van der Waals surface area contributed by atoms with Crippen molar-refractivity contribution in [3.8, 4) is 0 Å². The zero-order valence-electron chi connectivity index (χ0n) is 17.5. The number of rotatable bonds is 6. The molecule has 0 bridgehead atoms. The highest BCUT2D eigenvalue weighted by molar-refractivity contribution is 8.00. The number of nitrogens with one attached hydrogen (secondary N) is 1. The topological polar surface area (TPSA) is 64.0 Å². The van der Waals surface area contributed by atoms with Gasteiger partial charge in [0.05, 0.1) is 16.2 Å². The third kappa shape index (κ3) is 4.70. The molecule has 1 atom stereocenters. The average molecular weight is 410 g/mol. The molecule has 6 heteroatoms. The van der Waals surface area contributed by atoms with Gasteiger partial charge in [0.1, 0.15) is 0 Å². The lowest BCUT2D eigenvalue weighted by Gasteiger charge is -2.18. The summed E-state index contributed by atoms with van der Waals surface area (Å²) in [5.74, 6) is 0.180. The van der Waals surface area contributed by atoms with Crippen LogP contribution in [0, 0.1) is 19.8 Å². The minimum Gasteiger partial charge on any atom is -0.325 e. The number of thioether (sulfide) groups is 1. The van der Waals surface area contributed by atoms with Gasteiger partial charge in [0.15, 0.2) is 5.16 Å². The maximum Gasteiger partial charge on any atom is 0.262 e. The third-order valence-corrected chi connectivity index (χ3v) is 5.85. The minimum absolute atomic E-state index is 0.0610. The van der Waals surface area contributed by atoms with E-state index < -0.39 is 5.25 Å².